The van der Waals surface area contributed by atoms with Crippen LogP contribution in [0.1, 0.15) is 77.1 Å². The first-order valence-electron chi connectivity index (χ1n) is 10.4. The lowest BCUT2D eigenvalue weighted by Crippen LogP contribution is -2.45. The molecule has 0 radical (unpaired) electrons. The maximum atomic E-state index is 13.2. The molecule has 0 spiro atoms. The predicted molar refractivity (Wildman–Crippen MR) is 121 cm³/mol. The molecule has 1 amide bonds. The second-order valence-electron chi connectivity index (χ2n) is 9.80. The van der Waals surface area contributed by atoms with E-state index >= 15 is 0 Å². The van der Waals surface area contributed by atoms with Crippen molar-refractivity contribution in [3.63, 3.8) is 0 Å². The van der Waals surface area contributed by atoms with Crippen molar-refractivity contribution >= 4 is 27.7 Å². The Hall–Kier alpha value is -1.05. The van der Waals surface area contributed by atoms with E-state index in [1.54, 1.807) is 18.2 Å². The van der Waals surface area contributed by atoms with Crippen molar-refractivity contribution in [2.24, 2.45) is 5.41 Å². The molecule has 0 unspecified atom stereocenters. The lowest BCUT2D eigenvalue weighted by Gasteiger charge is -2.33. The summed E-state index contributed by atoms with van der Waals surface area (Å²) >= 11 is 1.47. The number of hydrogen-bond donors (Lipinski definition) is 1. The number of amides is 1. The Kier molecular flexibility index (Phi) is 7.85. The number of likely N-dealkylation sites (tertiary alicyclic amines) is 1. The van der Waals surface area contributed by atoms with Crippen LogP contribution < -0.4 is 4.72 Å². The van der Waals surface area contributed by atoms with E-state index in [9.17, 15) is 13.2 Å². The van der Waals surface area contributed by atoms with Gasteiger partial charge in [0.25, 0.3) is 5.91 Å². The molecule has 1 fully saturated rings. The molecule has 0 bridgehead atoms. The smallest absolute Gasteiger partial charge is 0.255 e. The zero-order valence-electron chi connectivity index (χ0n) is 18.7. The van der Waals surface area contributed by atoms with Crippen LogP contribution >= 0.6 is 11.8 Å². The first kappa shape index (κ1) is 24.2. The van der Waals surface area contributed by atoms with Crippen LogP contribution in [0, 0.1) is 5.41 Å². The third-order valence-electron chi connectivity index (χ3n) is 4.99. The lowest BCUT2D eigenvalue weighted by molar-refractivity contribution is 0.0758. The fourth-order valence-electron chi connectivity index (χ4n) is 4.25. The summed E-state index contributed by atoms with van der Waals surface area (Å²) in [5.74, 6) is -0.0674. The molecule has 1 aliphatic heterocycles. The zero-order valence-corrected chi connectivity index (χ0v) is 20.3. The molecule has 0 saturated carbocycles. The molecule has 5 nitrogen and oxygen atoms in total. The van der Waals surface area contributed by atoms with Crippen molar-refractivity contribution in [3.8, 4) is 0 Å². The number of benzene rings is 1. The molecule has 0 atom stereocenters. The summed E-state index contributed by atoms with van der Waals surface area (Å²) in [7, 11) is -3.74. The number of hydrogen-bond acceptors (Lipinski definition) is 4. The Morgan fingerprint density at radius 2 is 1.66 bits per heavy atom. The van der Waals surface area contributed by atoms with Gasteiger partial charge in [0.1, 0.15) is 0 Å². The van der Waals surface area contributed by atoms with Gasteiger partial charge in [-0.1, -0.05) is 33.6 Å². The minimum atomic E-state index is -3.74. The van der Waals surface area contributed by atoms with Gasteiger partial charge in [0.05, 0.1) is 10.5 Å². The van der Waals surface area contributed by atoms with E-state index in [-0.39, 0.29) is 16.2 Å². The van der Waals surface area contributed by atoms with E-state index in [4.69, 9.17) is 0 Å². The molecule has 164 valence electrons. The van der Waals surface area contributed by atoms with E-state index in [1.165, 1.54) is 11.8 Å². The molecule has 7 heteroatoms. The van der Waals surface area contributed by atoms with Crippen LogP contribution in [0.2, 0.25) is 0 Å². The van der Waals surface area contributed by atoms with Crippen LogP contribution in [0.5, 0.6) is 0 Å². The highest BCUT2D eigenvalue weighted by Crippen LogP contribution is 2.30. The summed E-state index contributed by atoms with van der Waals surface area (Å²) in [5.41, 5.74) is -0.122. The average Bonchev–Trinajstić information content (AvgIpc) is 2.86. The van der Waals surface area contributed by atoms with Crippen LogP contribution in [0.3, 0.4) is 0 Å². The molecular formula is C22H36N2O3S2. The number of nitrogens with one attached hydrogen (secondary N) is 1. The average molecular weight is 441 g/mol. The molecule has 0 aliphatic carbocycles. The molecule has 1 aromatic rings. The van der Waals surface area contributed by atoms with Crippen molar-refractivity contribution in [2.75, 3.05) is 19.3 Å². The number of nitrogens with zero attached hydrogens (tertiary/aromatic N) is 1. The first-order valence-corrected chi connectivity index (χ1v) is 13.1. The van der Waals surface area contributed by atoms with E-state index in [0.717, 1.165) is 43.7 Å². The Labute approximate surface area is 181 Å². The number of carbonyl (C=O) groups excluding carboxylic acids is 1. The van der Waals surface area contributed by atoms with Crippen molar-refractivity contribution in [1.82, 2.24) is 9.62 Å². The van der Waals surface area contributed by atoms with Crippen molar-refractivity contribution in [1.29, 1.82) is 0 Å². The number of carbonyl (C=O) groups is 1. The number of sulfonamides is 1. The summed E-state index contributed by atoms with van der Waals surface area (Å²) < 4.78 is 29.0. The summed E-state index contributed by atoms with van der Waals surface area (Å²) in [4.78, 5) is 16.0. The van der Waals surface area contributed by atoms with Gasteiger partial charge in [-0.3, -0.25) is 4.79 Å². The third-order valence-corrected chi connectivity index (χ3v) is 7.48. The molecule has 2 rings (SSSR count). The zero-order chi connectivity index (χ0) is 21.9. The molecule has 1 aliphatic rings. The highest BCUT2D eigenvalue weighted by Gasteiger charge is 2.31. The molecule has 29 heavy (non-hydrogen) atoms. The Morgan fingerprint density at radius 1 is 1.07 bits per heavy atom. The largest absolute Gasteiger partial charge is 0.339 e. The van der Waals surface area contributed by atoms with Crippen LogP contribution in [0.15, 0.2) is 28.0 Å². The van der Waals surface area contributed by atoms with Crippen LogP contribution in [0.25, 0.3) is 0 Å². The topological polar surface area (TPSA) is 66.5 Å². The van der Waals surface area contributed by atoms with Gasteiger partial charge >= 0.3 is 0 Å². The maximum absolute atomic E-state index is 13.2. The first-order chi connectivity index (χ1) is 13.3. The van der Waals surface area contributed by atoms with Gasteiger partial charge in [-0.25, -0.2) is 13.1 Å². The third kappa shape index (κ3) is 7.00. The van der Waals surface area contributed by atoms with E-state index in [0.29, 0.717) is 12.0 Å². The van der Waals surface area contributed by atoms with Gasteiger partial charge in [-0.05, 0) is 63.0 Å². The van der Waals surface area contributed by atoms with Crippen molar-refractivity contribution < 1.29 is 13.2 Å². The molecule has 1 aromatic carbocycles. The predicted octanol–water partition coefficient (Wildman–Crippen LogP) is 4.92. The quantitative estimate of drug-likeness (QED) is 0.638. The molecule has 1 N–H and O–H groups in total. The normalized spacial score (nSPS) is 16.6. The monoisotopic (exact) mass is 440 g/mol. The van der Waals surface area contributed by atoms with Crippen molar-refractivity contribution in [3.05, 3.63) is 23.8 Å². The van der Waals surface area contributed by atoms with Crippen LogP contribution in [-0.4, -0.2) is 44.1 Å². The Morgan fingerprint density at radius 3 is 2.17 bits per heavy atom. The van der Waals surface area contributed by atoms with E-state index in [2.05, 4.69) is 25.5 Å². The summed E-state index contributed by atoms with van der Waals surface area (Å²) in [6.45, 7) is 11.5. The minimum Gasteiger partial charge on any atom is -0.339 e. The number of rotatable bonds is 6. The van der Waals surface area contributed by atoms with Gasteiger partial charge in [-0.2, -0.15) is 0 Å². The summed E-state index contributed by atoms with van der Waals surface area (Å²) in [6.07, 6.45) is 6.89. The van der Waals surface area contributed by atoms with Crippen LogP contribution in [0.4, 0.5) is 0 Å². The van der Waals surface area contributed by atoms with Crippen LogP contribution in [-0.2, 0) is 10.0 Å². The molecular weight excluding hydrogens is 404 g/mol. The number of thioether (sulfide) groups is 1. The van der Waals surface area contributed by atoms with Gasteiger partial charge in [0.2, 0.25) is 10.0 Å². The van der Waals surface area contributed by atoms with Gasteiger partial charge in [0, 0.05) is 23.5 Å². The molecule has 1 saturated heterocycles. The lowest BCUT2D eigenvalue weighted by atomic mass is 9.82. The van der Waals surface area contributed by atoms with Gasteiger partial charge < -0.3 is 4.90 Å². The highest BCUT2D eigenvalue weighted by molar-refractivity contribution is 7.98. The molecule has 0 aromatic heterocycles. The SMILES string of the molecule is CSc1ccc(S(=O)(=O)NC(C)(C)CC(C)(C)C)cc1C(=O)N1CCCCCC1. The highest BCUT2D eigenvalue weighted by atomic mass is 32.2. The Bertz CT molecular complexity index is 819. The summed E-state index contributed by atoms with van der Waals surface area (Å²) in [6, 6.07) is 4.90. The second-order valence-corrected chi connectivity index (χ2v) is 12.3. The van der Waals surface area contributed by atoms with Gasteiger partial charge in [0.15, 0.2) is 0 Å². The standard InChI is InChI=1S/C22H36N2O3S2/c1-21(2,3)16-22(4,5)23-29(26,27)17-11-12-19(28-6)18(15-17)20(25)24-13-9-7-8-10-14-24/h11-12,15,23H,7-10,13-14,16H2,1-6H3. The Balaban J connectivity index is 2.34. The molecule has 1 heterocycles. The summed E-state index contributed by atoms with van der Waals surface area (Å²) in [5, 5.41) is 0. The fraction of sp³-hybridized carbons (Fsp3) is 0.682. The minimum absolute atomic E-state index is 0.0113. The maximum Gasteiger partial charge on any atom is 0.255 e. The van der Waals surface area contributed by atoms with Gasteiger partial charge in [-0.15, -0.1) is 11.8 Å². The van der Waals surface area contributed by atoms with E-state index in [1.807, 2.05) is 25.0 Å². The second kappa shape index (κ2) is 9.40. The van der Waals surface area contributed by atoms with Crippen molar-refractivity contribution in [2.45, 2.75) is 82.1 Å². The fourth-order valence-corrected chi connectivity index (χ4v) is 6.26. The van der Waals surface area contributed by atoms with E-state index < -0.39 is 15.6 Å².